The van der Waals surface area contributed by atoms with Crippen LogP contribution in [0.5, 0.6) is 0 Å². The second-order valence-electron chi connectivity index (χ2n) is 8.66. The van der Waals surface area contributed by atoms with Crippen molar-refractivity contribution >= 4 is 46.3 Å². The van der Waals surface area contributed by atoms with Crippen molar-refractivity contribution in [2.45, 2.75) is 38.1 Å². The van der Waals surface area contributed by atoms with E-state index in [2.05, 4.69) is 17.4 Å². The third-order valence-corrected chi connectivity index (χ3v) is 7.15. The first kappa shape index (κ1) is 22.7. The predicted octanol–water partition coefficient (Wildman–Crippen LogP) is 7.30. The van der Waals surface area contributed by atoms with Crippen molar-refractivity contribution in [1.82, 2.24) is 0 Å². The molecule has 1 N–H and O–H groups in total. The highest BCUT2D eigenvalue weighted by Crippen LogP contribution is 2.48. The molecule has 1 heterocycles. The van der Waals surface area contributed by atoms with Crippen LogP contribution in [0.3, 0.4) is 0 Å². The van der Waals surface area contributed by atoms with Crippen molar-refractivity contribution in [3.63, 3.8) is 0 Å². The summed E-state index contributed by atoms with van der Waals surface area (Å²) in [5.41, 5.74) is 4.76. The molecule has 6 heteroatoms. The van der Waals surface area contributed by atoms with Crippen LogP contribution < -0.4 is 10.2 Å². The highest BCUT2D eigenvalue weighted by atomic mass is 35.5. The average molecular weight is 491 g/mol. The molecule has 3 aromatic rings. The Kier molecular flexibility index (Phi) is 6.20. The van der Waals surface area contributed by atoms with Crippen molar-refractivity contribution < 1.29 is 9.59 Å². The topological polar surface area (TPSA) is 49.4 Å². The summed E-state index contributed by atoms with van der Waals surface area (Å²) in [6.45, 7) is 1.83. The Morgan fingerprint density at radius 2 is 1.74 bits per heavy atom. The molecule has 0 spiro atoms. The summed E-state index contributed by atoms with van der Waals surface area (Å²) >= 11 is 12.9. The molecule has 0 aromatic heterocycles. The number of anilines is 2. The zero-order valence-electron chi connectivity index (χ0n) is 18.7. The molecule has 0 saturated carbocycles. The molecule has 0 bridgehead atoms. The molecule has 1 amide bonds. The van der Waals surface area contributed by atoms with Gasteiger partial charge in [-0.15, -0.1) is 0 Å². The SMILES string of the molecule is CCC(=O)N1c2ccccc2NC2=C(C(=O)C[C@@H](c3ccccc3)C2)[C@@H]1c1ccc(Cl)cc1Cl. The number of nitrogens with one attached hydrogen (secondary N) is 1. The fourth-order valence-corrected chi connectivity index (χ4v) is 5.53. The Labute approximate surface area is 209 Å². The molecule has 172 valence electrons. The Balaban J connectivity index is 1.74. The Morgan fingerprint density at radius 1 is 1.00 bits per heavy atom. The maximum Gasteiger partial charge on any atom is 0.227 e. The molecule has 2 atom stereocenters. The van der Waals surface area contributed by atoms with Crippen molar-refractivity contribution in [3.05, 3.63) is 105 Å². The van der Waals surface area contributed by atoms with Gasteiger partial charge < -0.3 is 5.32 Å². The third kappa shape index (κ3) is 4.02. The molecule has 3 aromatic carbocycles. The Bertz CT molecular complexity index is 1300. The van der Waals surface area contributed by atoms with E-state index in [0.717, 1.165) is 22.6 Å². The quantitative estimate of drug-likeness (QED) is 0.418. The smallest absolute Gasteiger partial charge is 0.227 e. The fraction of sp³-hybridized carbons (Fsp3) is 0.214. The second kappa shape index (κ2) is 9.28. The highest BCUT2D eigenvalue weighted by molar-refractivity contribution is 6.35. The number of fused-ring (bicyclic) bond motifs is 1. The molecule has 0 radical (unpaired) electrons. The van der Waals surface area contributed by atoms with Crippen LogP contribution in [0.15, 0.2) is 84.1 Å². The predicted molar refractivity (Wildman–Crippen MR) is 137 cm³/mol. The maximum absolute atomic E-state index is 13.8. The lowest BCUT2D eigenvalue weighted by Crippen LogP contribution is -2.38. The molecule has 34 heavy (non-hydrogen) atoms. The van der Waals surface area contributed by atoms with Crippen LogP contribution in [-0.4, -0.2) is 11.7 Å². The number of hydrogen-bond donors (Lipinski definition) is 1. The van der Waals surface area contributed by atoms with Crippen LogP contribution in [-0.2, 0) is 9.59 Å². The van der Waals surface area contributed by atoms with Gasteiger partial charge in [0.2, 0.25) is 5.91 Å². The van der Waals surface area contributed by atoms with E-state index in [9.17, 15) is 9.59 Å². The number of Topliss-reactive ketones (excluding diaryl/α,β-unsaturated/α-hetero) is 1. The third-order valence-electron chi connectivity index (χ3n) is 6.59. The van der Waals surface area contributed by atoms with Crippen LogP contribution in [0.1, 0.15) is 49.3 Å². The normalized spacial score (nSPS) is 19.7. The first-order valence-electron chi connectivity index (χ1n) is 11.4. The fourth-order valence-electron chi connectivity index (χ4n) is 5.01. The minimum atomic E-state index is -0.646. The molecule has 2 aliphatic rings. The monoisotopic (exact) mass is 490 g/mol. The number of rotatable bonds is 3. The highest BCUT2D eigenvalue weighted by Gasteiger charge is 2.41. The van der Waals surface area contributed by atoms with Gasteiger partial charge in [-0.2, -0.15) is 0 Å². The summed E-state index contributed by atoms with van der Waals surface area (Å²) in [5.74, 6) is -0.0146. The summed E-state index contributed by atoms with van der Waals surface area (Å²) in [6, 6.07) is 22.4. The maximum atomic E-state index is 13.8. The van der Waals surface area contributed by atoms with Gasteiger partial charge in [0.1, 0.15) is 0 Å². The van der Waals surface area contributed by atoms with Crippen LogP contribution in [0.4, 0.5) is 11.4 Å². The van der Waals surface area contributed by atoms with Gasteiger partial charge in [-0.25, -0.2) is 0 Å². The largest absolute Gasteiger partial charge is 0.357 e. The summed E-state index contributed by atoms with van der Waals surface area (Å²) < 4.78 is 0. The van der Waals surface area contributed by atoms with Gasteiger partial charge in [0.15, 0.2) is 5.78 Å². The lowest BCUT2D eigenvalue weighted by molar-refractivity contribution is -0.119. The van der Waals surface area contributed by atoms with E-state index in [4.69, 9.17) is 23.2 Å². The Morgan fingerprint density at radius 3 is 2.47 bits per heavy atom. The summed E-state index contributed by atoms with van der Waals surface area (Å²) in [4.78, 5) is 29.0. The number of allylic oxidation sites excluding steroid dienone is 1. The van der Waals surface area contributed by atoms with E-state index in [-0.39, 0.29) is 17.6 Å². The summed E-state index contributed by atoms with van der Waals surface area (Å²) in [7, 11) is 0. The number of carbonyl (C=O) groups excluding carboxylic acids is 2. The Hall–Kier alpha value is -3.08. The van der Waals surface area contributed by atoms with E-state index >= 15 is 0 Å². The number of para-hydroxylation sites is 2. The molecular weight excluding hydrogens is 467 g/mol. The first-order chi connectivity index (χ1) is 16.5. The molecule has 5 rings (SSSR count). The standard InChI is InChI=1S/C28H24Cl2N2O2/c1-2-26(34)32-24-11-7-6-10-22(24)31-23-14-18(17-8-4-3-5-9-17)15-25(33)27(23)28(32)20-13-12-19(29)16-21(20)30/h3-13,16,18,28,31H,2,14-15H2,1H3/t18-,28-/m0/s1. The van der Waals surface area contributed by atoms with Gasteiger partial charge in [0, 0.05) is 34.2 Å². The van der Waals surface area contributed by atoms with Gasteiger partial charge >= 0.3 is 0 Å². The zero-order valence-corrected chi connectivity index (χ0v) is 20.2. The van der Waals surface area contributed by atoms with E-state index < -0.39 is 6.04 Å². The zero-order chi connectivity index (χ0) is 23.8. The second-order valence-corrected chi connectivity index (χ2v) is 9.50. The van der Waals surface area contributed by atoms with Crippen LogP contribution >= 0.6 is 23.2 Å². The molecule has 0 fully saturated rings. The average Bonchev–Trinajstić information content (AvgIpc) is 2.98. The van der Waals surface area contributed by atoms with Crippen molar-refractivity contribution in [1.29, 1.82) is 0 Å². The van der Waals surface area contributed by atoms with Gasteiger partial charge in [-0.05, 0) is 47.7 Å². The minimum absolute atomic E-state index is 0.0142. The van der Waals surface area contributed by atoms with Gasteiger partial charge in [0.25, 0.3) is 0 Å². The molecule has 0 saturated heterocycles. The van der Waals surface area contributed by atoms with Crippen molar-refractivity contribution in [2.75, 3.05) is 10.2 Å². The van der Waals surface area contributed by atoms with E-state index in [1.807, 2.05) is 55.5 Å². The number of carbonyl (C=O) groups is 2. The van der Waals surface area contributed by atoms with Crippen molar-refractivity contribution in [2.24, 2.45) is 0 Å². The molecular formula is C28H24Cl2N2O2. The lowest BCUT2D eigenvalue weighted by atomic mass is 9.78. The van der Waals surface area contributed by atoms with E-state index in [1.165, 1.54) is 0 Å². The molecule has 4 nitrogen and oxygen atoms in total. The number of benzene rings is 3. The number of nitrogens with zero attached hydrogens (tertiary/aromatic N) is 1. The number of halogens is 2. The summed E-state index contributed by atoms with van der Waals surface area (Å²) in [6.07, 6.45) is 1.32. The van der Waals surface area contributed by atoms with Crippen LogP contribution in [0, 0.1) is 0 Å². The van der Waals surface area contributed by atoms with E-state index in [1.54, 1.807) is 17.0 Å². The first-order valence-corrected chi connectivity index (χ1v) is 12.2. The van der Waals surface area contributed by atoms with Crippen molar-refractivity contribution in [3.8, 4) is 0 Å². The minimum Gasteiger partial charge on any atom is -0.357 e. The number of amides is 1. The van der Waals surface area contributed by atoms with Gasteiger partial charge in [-0.3, -0.25) is 14.5 Å². The molecule has 0 unspecified atom stereocenters. The van der Waals surface area contributed by atoms with Crippen LogP contribution in [0.25, 0.3) is 0 Å². The molecule has 1 aliphatic carbocycles. The number of hydrogen-bond acceptors (Lipinski definition) is 3. The molecule has 1 aliphatic heterocycles. The van der Waals surface area contributed by atoms with Gasteiger partial charge in [0.05, 0.1) is 17.4 Å². The lowest BCUT2D eigenvalue weighted by Gasteiger charge is -2.35. The van der Waals surface area contributed by atoms with E-state index in [0.29, 0.717) is 40.4 Å². The number of ketones is 1. The summed E-state index contributed by atoms with van der Waals surface area (Å²) in [5, 5.41) is 4.46. The van der Waals surface area contributed by atoms with Crippen LogP contribution in [0.2, 0.25) is 10.0 Å². The van der Waals surface area contributed by atoms with Gasteiger partial charge in [-0.1, -0.05) is 78.7 Å².